The minimum absolute atomic E-state index is 0.0155. The van der Waals surface area contributed by atoms with Crippen LogP contribution in [0.25, 0.3) is 5.69 Å². The highest BCUT2D eigenvalue weighted by Gasteiger charge is 2.32. The Hall–Kier alpha value is -6.38. The summed E-state index contributed by atoms with van der Waals surface area (Å²) in [6.07, 6.45) is 2.15. The molecule has 2 amide bonds. The molecule has 6 rings (SSSR count). The van der Waals surface area contributed by atoms with Crippen molar-refractivity contribution in [3.8, 4) is 29.0 Å². The number of nitrogens with zero attached hydrogens (tertiary/aromatic N) is 6. The molecule has 0 atom stereocenters. The molecule has 58 heavy (non-hydrogen) atoms. The van der Waals surface area contributed by atoms with Gasteiger partial charge >= 0.3 is 11.8 Å². The van der Waals surface area contributed by atoms with Gasteiger partial charge < -0.3 is 25.4 Å². The van der Waals surface area contributed by atoms with Gasteiger partial charge in [-0.3, -0.25) is 19.1 Å². The number of hydrogen-bond donors (Lipinski definition) is 2. The van der Waals surface area contributed by atoms with Crippen LogP contribution in [0.15, 0.2) is 75.9 Å². The van der Waals surface area contributed by atoms with Gasteiger partial charge in [0.25, 0.3) is 11.5 Å². The van der Waals surface area contributed by atoms with E-state index in [1.54, 1.807) is 17.2 Å². The number of amides is 2. The number of benzene rings is 2. The first kappa shape index (κ1) is 41.3. The minimum Gasteiger partial charge on any atom is -0.453 e. The summed E-state index contributed by atoms with van der Waals surface area (Å²) in [5, 5.41) is 5.02. The Morgan fingerprint density at radius 2 is 1.69 bits per heavy atom. The van der Waals surface area contributed by atoms with Gasteiger partial charge in [-0.1, -0.05) is 11.8 Å². The van der Waals surface area contributed by atoms with E-state index in [0.717, 1.165) is 38.5 Å². The summed E-state index contributed by atoms with van der Waals surface area (Å²) in [6.45, 7) is 13.1. The van der Waals surface area contributed by atoms with Crippen molar-refractivity contribution in [3.63, 3.8) is 0 Å². The average Bonchev–Trinajstić information content (AvgIpc) is 3.57. The Bertz CT molecular complexity index is 2540. The van der Waals surface area contributed by atoms with E-state index in [9.17, 15) is 23.6 Å². The SMILES string of the molecule is Cc1nc(Cn2cc(C(=O)Nc3ccc(Oc4ccnc(N)c4C#CC(C)(C)N4CCN(C(=O)OC(C)(C)C)CC4)c(F)c3)c(=O)n(-c3ccc(F)cc3)c2=O)cs1. The van der Waals surface area contributed by atoms with Gasteiger partial charge in [0.05, 0.1) is 28.5 Å². The molecule has 1 saturated heterocycles. The largest absolute Gasteiger partial charge is 0.453 e. The number of carbonyl (C=O) groups is 2. The minimum atomic E-state index is -0.963. The molecule has 302 valence electrons. The molecule has 17 heteroatoms. The zero-order chi connectivity index (χ0) is 41.9. The number of piperazine rings is 1. The van der Waals surface area contributed by atoms with Crippen molar-refractivity contribution in [3.05, 3.63) is 121 Å². The highest BCUT2D eigenvalue weighted by atomic mass is 32.1. The number of halogens is 2. The highest BCUT2D eigenvalue weighted by Crippen LogP contribution is 2.31. The number of carbonyl (C=O) groups excluding carboxylic acids is 2. The molecule has 2 aromatic carbocycles. The number of nitrogens with one attached hydrogen (secondary N) is 1. The second-order valence-electron chi connectivity index (χ2n) is 15.0. The Labute approximate surface area is 336 Å². The molecule has 1 fully saturated rings. The molecule has 3 aromatic heterocycles. The number of thiazole rings is 1. The smallest absolute Gasteiger partial charge is 0.410 e. The van der Waals surface area contributed by atoms with Crippen LogP contribution < -0.4 is 27.0 Å². The van der Waals surface area contributed by atoms with Crippen molar-refractivity contribution >= 4 is 34.8 Å². The quantitative estimate of drug-likeness (QED) is 0.183. The third kappa shape index (κ3) is 9.59. The Morgan fingerprint density at radius 3 is 2.33 bits per heavy atom. The summed E-state index contributed by atoms with van der Waals surface area (Å²) < 4.78 is 42.7. The number of ether oxygens (including phenoxy) is 2. The van der Waals surface area contributed by atoms with Gasteiger partial charge in [-0.25, -0.2) is 32.9 Å². The lowest BCUT2D eigenvalue weighted by atomic mass is 10.0. The summed E-state index contributed by atoms with van der Waals surface area (Å²) in [4.78, 5) is 65.6. The summed E-state index contributed by atoms with van der Waals surface area (Å²) in [5.74, 6) is 3.92. The van der Waals surface area contributed by atoms with Crippen LogP contribution >= 0.6 is 11.3 Å². The van der Waals surface area contributed by atoms with E-state index in [4.69, 9.17) is 15.2 Å². The van der Waals surface area contributed by atoms with Gasteiger partial charge in [-0.05, 0) is 77.9 Å². The van der Waals surface area contributed by atoms with Crippen molar-refractivity contribution in [2.75, 3.05) is 37.2 Å². The van der Waals surface area contributed by atoms with Crippen LogP contribution in [-0.2, 0) is 11.3 Å². The van der Waals surface area contributed by atoms with Gasteiger partial charge in [-0.15, -0.1) is 11.3 Å². The maximum Gasteiger partial charge on any atom is 0.410 e. The first-order valence-corrected chi connectivity index (χ1v) is 19.1. The molecule has 1 aliphatic rings. The van der Waals surface area contributed by atoms with Crippen LogP contribution in [0, 0.1) is 30.4 Å². The predicted molar refractivity (Wildman–Crippen MR) is 216 cm³/mol. The fraction of sp³-hybridized carbons (Fsp3) is 0.317. The number of hydrogen-bond acceptors (Lipinski definition) is 11. The van der Waals surface area contributed by atoms with E-state index in [-0.39, 0.29) is 46.9 Å². The van der Waals surface area contributed by atoms with Crippen LogP contribution in [0.4, 0.5) is 25.1 Å². The normalized spacial score (nSPS) is 13.4. The van der Waals surface area contributed by atoms with Gasteiger partial charge in [0, 0.05) is 61.8 Å². The van der Waals surface area contributed by atoms with Crippen LogP contribution in [0.2, 0.25) is 0 Å². The van der Waals surface area contributed by atoms with Crippen molar-refractivity contribution in [1.29, 1.82) is 0 Å². The highest BCUT2D eigenvalue weighted by molar-refractivity contribution is 7.09. The van der Waals surface area contributed by atoms with E-state index < -0.39 is 45.5 Å². The molecule has 3 N–H and O–H groups in total. The number of aryl methyl sites for hydroxylation is 1. The van der Waals surface area contributed by atoms with E-state index in [1.807, 2.05) is 34.6 Å². The van der Waals surface area contributed by atoms with Crippen LogP contribution in [0.1, 0.15) is 61.2 Å². The molecule has 5 aromatic rings. The summed E-state index contributed by atoms with van der Waals surface area (Å²) in [7, 11) is 0. The first-order valence-electron chi connectivity index (χ1n) is 18.2. The molecule has 14 nitrogen and oxygen atoms in total. The molecule has 0 radical (unpaired) electrons. The van der Waals surface area contributed by atoms with Gasteiger partial charge in [0.2, 0.25) is 0 Å². The third-order valence-electron chi connectivity index (χ3n) is 9.05. The monoisotopic (exact) mass is 812 g/mol. The predicted octanol–water partition coefficient (Wildman–Crippen LogP) is 5.80. The number of anilines is 2. The molecule has 0 bridgehead atoms. The molecule has 1 aliphatic heterocycles. The molecular weight excluding hydrogens is 771 g/mol. The van der Waals surface area contributed by atoms with E-state index >= 15 is 4.39 Å². The van der Waals surface area contributed by atoms with E-state index in [2.05, 4.69) is 32.0 Å². The maximum absolute atomic E-state index is 15.6. The topological polar surface area (TPSA) is 167 Å². The maximum atomic E-state index is 15.6. The number of pyridine rings is 1. The van der Waals surface area contributed by atoms with Crippen molar-refractivity contribution in [1.82, 2.24) is 28.9 Å². The van der Waals surface area contributed by atoms with Crippen LogP contribution in [-0.4, -0.2) is 78.2 Å². The van der Waals surface area contributed by atoms with Gasteiger partial charge in [-0.2, -0.15) is 0 Å². The lowest BCUT2D eigenvalue weighted by Crippen LogP contribution is -2.55. The Morgan fingerprint density at radius 1 is 0.983 bits per heavy atom. The lowest BCUT2D eigenvalue weighted by Gasteiger charge is -2.41. The Kier molecular flexibility index (Phi) is 11.8. The van der Waals surface area contributed by atoms with E-state index in [0.29, 0.717) is 31.9 Å². The molecule has 0 saturated carbocycles. The van der Waals surface area contributed by atoms with Gasteiger partial charge in [0.1, 0.15) is 34.1 Å². The van der Waals surface area contributed by atoms with E-state index in [1.165, 1.54) is 47.9 Å². The zero-order valence-electron chi connectivity index (χ0n) is 32.8. The number of aromatic nitrogens is 4. The third-order valence-corrected chi connectivity index (χ3v) is 9.87. The average molecular weight is 813 g/mol. The summed E-state index contributed by atoms with van der Waals surface area (Å²) in [5.41, 5.74) is 3.60. The molecule has 0 unspecified atom stereocenters. The summed E-state index contributed by atoms with van der Waals surface area (Å²) >= 11 is 1.37. The second-order valence-corrected chi connectivity index (χ2v) is 16.0. The van der Waals surface area contributed by atoms with Crippen LogP contribution in [0.3, 0.4) is 0 Å². The molecule has 0 aliphatic carbocycles. The van der Waals surface area contributed by atoms with Crippen molar-refractivity contribution < 1.29 is 27.8 Å². The fourth-order valence-electron chi connectivity index (χ4n) is 6.06. The standard InChI is InChI=1S/C41H42F2N8O6S/c1-25-46-28(24-58-25)22-49-23-31(37(53)51(38(49)54)29-10-7-26(42)8-11-29)36(52)47-27-9-12-34(32(43)21-27)56-33-14-16-45-35(44)30(33)13-15-41(5,6)50-19-17-48(18-20-50)39(55)57-40(2,3)4/h7-12,14,16,21,23-24H,17-20,22H2,1-6H3,(H2,44,45)(H,47,52). The Balaban J connectivity index is 1.20. The molecular formula is C41H42F2N8O6S. The first-order chi connectivity index (χ1) is 27.4. The van der Waals surface area contributed by atoms with Gasteiger partial charge in [0.15, 0.2) is 11.6 Å². The van der Waals surface area contributed by atoms with Crippen molar-refractivity contribution in [2.45, 2.75) is 59.2 Å². The number of rotatable bonds is 8. The summed E-state index contributed by atoms with van der Waals surface area (Å²) in [6, 6.07) is 9.83. The van der Waals surface area contributed by atoms with Crippen LogP contribution in [0.5, 0.6) is 11.5 Å². The second kappa shape index (κ2) is 16.6. The number of nitrogen functional groups attached to an aromatic ring is 1. The van der Waals surface area contributed by atoms with Crippen molar-refractivity contribution in [2.24, 2.45) is 0 Å². The fourth-order valence-corrected chi connectivity index (χ4v) is 6.67. The molecule has 0 spiro atoms. The lowest BCUT2D eigenvalue weighted by molar-refractivity contribution is 0.00781. The zero-order valence-corrected chi connectivity index (χ0v) is 33.6. The molecule has 4 heterocycles. The number of nitrogens with two attached hydrogens (primary N) is 1.